The molecule has 1 saturated heterocycles. The number of hydrogen-bond donors (Lipinski definition) is 1. The maximum Gasteiger partial charge on any atom is 0.416 e. The lowest BCUT2D eigenvalue weighted by Crippen LogP contribution is -2.48. The van der Waals surface area contributed by atoms with Gasteiger partial charge in [0.15, 0.2) is 0 Å². The van der Waals surface area contributed by atoms with Crippen LogP contribution in [0, 0.1) is 5.82 Å². The Morgan fingerprint density at radius 2 is 2.04 bits per heavy atom. The molecule has 0 spiro atoms. The normalized spacial score (nSPS) is 17.0. The minimum Gasteiger partial charge on any atom is -0.465 e. The van der Waals surface area contributed by atoms with Crippen LogP contribution in [-0.4, -0.2) is 64.9 Å². The Hall–Kier alpha value is -2.68. The first-order valence-corrected chi connectivity index (χ1v) is 7.54. The van der Waals surface area contributed by atoms with Crippen LogP contribution in [0.1, 0.15) is 6.92 Å². The van der Waals surface area contributed by atoms with Crippen LogP contribution in [-0.2, 0) is 9.59 Å². The van der Waals surface area contributed by atoms with Crippen molar-refractivity contribution in [2.24, 2.45) is 0 Å². The standard InChI is InChI=1S/C15H15ClFN3O5/c1-8(21)6-19-7-12(20(14(19)23)15(24)25)13(22)18(2)9-3-4-11(17)10(16)5-9/h3-5,12H,6-7H2,1-2H3,(H,24,25)/t12-/m0/s1. The summed E-state index contributed by atoms with van der Waals surface area (Å²) in [6, 6.07) is 1.32. The Labute approximate surface area is 147 Å². The number of nitrogens with zero attached hydrogens (tertiary/aromatic N) is 3. The molecule has 25 heavy (non-hydrogen) atoms. The van der Waals surface area contributed by atoms with E-state index in [1.807, 2.05) is 0 Å². The molecule has 8 nitrogen and oxygen atoms in total. The van der Waals surface area contributed by atoms with Gasteiger partial charge < -0.3 is 14.9 Å². The molecule has 0 bridgehead atoms. The van der Waals surface area contributed by atoms with Gasteiger partial charge in [0.05, 0.1) is 18.1 Å². The van der Waals surface area contributed by atoms with E-state index in [1.54, 1.807) is 0 Å². The Kier molecular flexibility index (Phi) is 5.27. The van der Waals surface area contributed by atoms with Crippen molar-refractivity contribution in [3.8, 4) is 0 Å². The molecule has 0 saturated carbocycles. The lowest BCUT2D eigenvalue weighted by atomic mass is 10.2. The van der Waals surface area contributed by atoms with Crippen molar-refractivity contribution in [1.29, 1.82) is 0 Å². The molecule has 0 aromatic heterocycles. The molecule has 1 fully saturated rings. The molecule has 0 radical (unpaired) electrons. The first-order valence-electron chi connectivity index (χ1n) is 7.16. The van der Waals surface area contributed by atoms with Crippen molar-refractivity contribution in [1.82, 2.24) is 9.80 Å². The quantitative estimate of drug-likeness (QED) is 0.870. The van der Waals surface area contributed by atoms with Gasteiger partial charge in [-0.25, -0.2) is 18.9 Å². The van der Waals surface area contributed by atoms with Gasteiger partial charge in [0.25, 0.3) is 5.91 Å². The monoisotopic (exact) mass is 371 g/mol. The predicted octanol–water partition coefficient (Wildman–Crippen LogP) is 1.82. The molecule has 2 rings (SSSR count). The fourth-order valence-corrected chi connectivity index (χ4v) is 2.68. The number of imide groups is 1. The smallest absolute Gasteiger partial charge is 0.416 e. The number of hydrogen-bond acceptors (Lipinski definition) is 4. The van der Waals surface area contributed by atoms with E-state index in [-0.39, 0.29) is 29.6 Å². The molecule has 1 atom stereocenters. The highest BCUT2D eigenvalue weighted by atomic mass is 35.5. The second kappa shape index (κ2) is 7.06. The van der Waals surface area contributed by atoms with Crippen LogP contribution in [0.25, 0.3) is 0 Å². The average molecular weight is 372 g/mol. The zero-order valence-electron chi connectivity index (χ0n) is 13.4. The van der Waals surface area contributed by atoms with E-state index in [0.29, 0.717) is 4.90 Å². The maximum atomic E-state index is 13.3. The van der Waals surface area contributed by atoms with E-state index in [9.17, 15) is 28.7 Å². The van der Waals surface area contributed by atoms with Crippen LogP contribution < -0.4 is 4.90 Å². The van der Waals surface area contributed by atoms with Crippen LogP contribution in [0.5, 0.6) is 0 Å². The zero-order valence-corrected chi connectivity index (χ0v) is 14.2. The topological polar surface area (TPSA) is 98.2 Å². The molecule has 134 valence electrons. The molecular weight excluding hydrogens is 357 g/mol. The van der Waals surface area contributed by atoms with Gasteiger partial charge in [-0.1, -0.05) is 11.6 Å². The van der Waals surface area contributed by atoms with E-state index < -0.39 is 29.9 Å². The second-order valence-corrected chi connectivity index (χ2v) is 5.94. The van der Waals surface area contributed by atoms with Crippen LogP contribution in [0.15, 0.2) is 18.2 Å². The van der Waals surface area contributed by atoms with Gasteiger partial charge in [-0.05, 0) is 25.1 Å². The van der Waals surface area contributed by atoms with E-state index in [1.165, 1.54) is 26.1 Å². The van der Waals surface area contributed by atoms with Crippen LogP contribution >= 0.6 is 11.6 Å². The number of ketones is 1. The molecule has 10 heteroatoms. The molecule has 1 aromatic rings. The van der Waals surface area contributed by atoms with Crippen LogP contribution in [0.2, 0.25) is 5.02 Å². The van der Waals surface area contributed by atoms with Gasteiger partial charge in [0.1, 0.15) is 17.6 Å². The summed E-state index contributed by atoms with van der Waals surface area (Å²) in [4.78, 5) is 49.8. The molecule has 1 aliphatic heterocycles. The Balaban J connectivity index is 2.28. The van der Waals surface area contributed by atoms with E-state index in [2.05, 4.69) is 0 Å². The first-order chi connectivity index (χ1) is 11.6. The highest BCUT2D eigenvalue weighted by Crippen LogP contribution is 2.25. The third kappa shape index (κ3) is 3.71. The summed E-state index contributed by atoms with van der Waals surface area (Å²) in [5, 5.41) is 9.04. The summed E-state index contributed by atoms with van der Waals surface area (Å²) in [5.74, 6) is -1.71. The molecule has 4 amide bonds. The number of rotatable bonds is 4. The number of Topliss-reactive ketones (excluding diaryl/α,β-unsaturated/α-hetero) is 1. The number of halogens is 2. The highest BCUT2D eigenvalue weighted by Gasteiger charge is 2.46. The molecule has 0 unspecified atom stereocenters. The summed E-state index contributed by atoms with van der Waals surface area (Å²) in [5.41, 5.74) is 0.235. The van der Waals surface area contributed by atoms with Gasteiger partial charge in [-0.2, -0.15) is 0 Å². The lowest BCUT2D eigenvalue weighted by Gasteiger charge is -2.24. The summed E-state index contributed by atoms with van der Waals surface area (Å²) >= 11 is 5.69. The zero-order chi connectivity index (χ0) is 18.9. The number of urea groups is 1. The van der Waals surface area contributed by atoms with Gasteiger partial charge in [0, 0.05) is 12.7 Å². The molecular formula is C15H15ClFN3O5. The first kappa shape index (κ1) is 18.7. The number of carboxylic acid groups (broad SMARTS) is 1. The summed E-state index contributed by atoms with van der Waals surface area (Å²) < 4.78 is 13.3. The van der Waals surface area contributed by atoms with Crippen molar-refractivity contribution >= 4 is 41.1 Å². The predicted molar refractivity (Wildman–Crippen MR) is 86.1 cm³/mol. The van der Waals surface area contributed by atoms with Crippen molar-refractivity contribution in [3.05, 3.63) is 29.0 Å². The number of benzene rings is 1. The van der Waals surface area contributed by atoms with Crippen molar-refractivity contribution in [2.75, 3.05) is 25.0 Å². The van der Waals surface area contributed by atoms with E-state index >= 15 is 0 Å². The van der Waals surface area contributed by atoms with Gasteiger partial charge >= 0.3 is 12.1 Å². The number of carbonyl (C=O) groups is 4. The fourth-order valence-electron chi connectivity index (χ4n) is 2.50. The van der Waals surface area contributed by atoms with Gasteiger partial charge in [0.2, 0.25) is 0 Å². The third-order valence-corrected chi connectivity index (χ3v) is 4.00. The van der Waals surface area contributed by atoms with E-state index in [4.69, 9.17) is 11.6 Å². The summed E-state index contributed by atoms with van der Waals surface area (Å²) in [6.45, 7) is 0.710. The minimum absolute atomic E-state index is 0.201. The molecule has 0 aliphatic carbocycles. The number of likely N-dealkylation sites (N-methyl/N-ethyl adjacent to an activating group) is 1. The summed E-state index contributed by atoms with van der Waals surface area (Å²) in [7, 11) is 1.35. The third-order valence-electron chi connectivity index (χ3n) is 3.71. The second-order valence-electron chi connectivity index (χ2n) is 5.53. The molecule has 1 N–H and O–H groups in total. The Morgan fingerprint density at radius 1 is 1.40 bits per heavy atom. The average Bonchev–Trinajstić information content (AvgIpc) is 2.85. The van der Waals surface area contributed by atoms with Gasteiger partial charge in [-0.3, -0.25) is 9.59 Å². The maximum absolute atomic E-state index is 13.3. The van der Waals surface area contributed by atoms with Crippen molar-refractivity contribution in [2.45, 2.75) is 13.0 Å². The largest absolute Gasteiger partial charge is 0.465 e. The Bertz CT molecular complexity index is 757. The van der Waals surface area contributed by atoms with Crippen molar-refractivity contribution < 1.29 is 28.7 Å². The summed E-state index contributed by atoms with van der Waals surface area (Å²) in [6.07, 6.45) is -1.60. The highest BCUT2D eigenvalue weighted by molar-refractivity contribution is 6.31. The Morgan fingerprint density at radius 3 is 2.56 bits per heavy atom. The van der Waals surface area contributed by atoms with Gasteiger partial charge in [-0.15, -0.1) is 0 Å². The minimum atomic E-state index is -1.60. The molecule has 1 aromatic carbocycles. The van der Waals surface area contributed by atoms with Crippen LogP contribution in [0.3, 0.4) is 0 Å². The SMILES string of the molecule is CC(=O)CN1C[C@@H](C(=O)N(C)c2ccc(F)c(Cl)c2)N(C(=O)O)C1=O. The lowest BCUT2D eigenvalue weighted by molar-refractivity contribution is -0.122. The number of carbonyl (C=O) groups excluding carboxylic acids is 3. The fraction of sp³-hybridized carbons (Fsp3) is 0.333. The van der Waals surface area contributed by atoms with Crippen LogP contribution in [0.4, 0.5) is 19.7 Å². The van der Waals surface area contributed by atoms with Crippen molar-refractivity contribution in [3.63, 3.8) is 0 Å². The molecule has 1 heterocycles. The number of anilines is 1. The van der Waals surface area contributed by atoms with E-state index in [0.717, 1.165) is 15.9 Å². The number of amides is 4. The molecule has 1 aliphatic rings.